The van der Waals surface area contributed by atoms with Gasteiger partial charge in [-0.25, -0.2) is 0 Å². The van der Waals surface area contributed by atoms with Gasteiger partial charge in [0.25, 0.3) is 5.91 Å². The third kappa shape index (κ3) is 5.93. The second-order valence-electron chi connectivity index (χ2n) is 5.46. The van der Waals surface area contributed by atoms with Crippen LogP contribution in [-0.4, -0.2) is 24.3 Å². The van der Waals surface area contributed by atoms with E-state index >= 15 is 0 Å². The number of benzene rings is 2. The Hall–Kier alpha value is -1.94. The van der Waals surface area contributed by atoms with Crippen LogP contribution in [0.4, 0.5) is 0 Å². The van der Waals surface area contributed by atoms with Gasteiger partial charge in [0, 0.05) is 17.2 Å². The first-order valence-electron chi connectivity index (χ1n) is 8.44. The topological polar surface area (TPSA) is 38.3 Å². The monoisotopic (exact) mass is 343 g/mol. The molecule has 128 valence electrons. The average Bonchev–Trinajstić information content (AvgIpc) is 2.64. The number of hydrogen-bond acceptors (Lipinski definition) is 3. The highest BCUT2D eigenvalue weighted by molar-refractivity contribution is 7.99. The Bertz CT molecular complexity index is 613. The molecule has 0 spiro atoms. The molecule has 0 heterocycles. The summed E-state index contributed by atoms with van der Waals surface area (Å²) in [6.45, 7) is 4.71. The Kier molecular flexibility index (Phi) is 7.69. The van der Waals surface area contributed by atoms with Crippen molar-refractivity contribution < 1.29 is 9.53 Å². The molecule has 0 fully saturated rings. The lowest BCUT2D eigenvalue weighted by Gasteiger charge is -2.17. The quantitative estimate of drug-likeness (QED) is 0.544. The summed E-state index contributed by atoms with van der Waals surface area (Å²) in [5.74, 6) is 1.54. The van der Waals surface area contributed by atoms with Crippen molar-refractivity contribution in [1.82, 2.24) is 5.32 Å². The molecule has 0 radical (unpaired) electrons. The van der Waals surface area contributed by atoms with E-state index in [4.69, 9.17) is 4.74 Å². The summed E-state index contributed by atoms with van der Waals surface area (Å²) < 4.78 is 5.82. The van der Waals surface area contributed by atoms with E-state index in [1.807, 2.05) is 49.4 Å². The Morgan fingerprint density at radius 2 is 1.79 bits per heavy atom. The van der Waals surface area contributed by atoms with E-state index in [2.05, 4.69) is 24.4 Å². The summed E-state index contributed by atoms with van der Waals surface area (Å²) >= 11 is 1.73. The van der Waals surface area contributed by atoms with Crippen LogP contribution in [0.25, 0.3) is 0 Å². The molecule has 4 heteroatoms. The molecule has 1 atom stereocenters. The lowest BCUT2D eigenvalue weighted by atomic mass is 10.2. The van der Waals surface area contributed by atoms with Gasteiger partial charge >= 0.3 is 0 Å². The van der Waals surface area contributed by atoms with Crippen molar-refractivity contribution in [3.05, 3.63) is 60.2 Å². The minimum atomic E-state index is -0.445. The van der Waals surface area contributed by atoms with E-state index < -0.39 is 6.10 Å². The fourth-order valence-corrected chi connectivity index (χ4v) is 3.05. The third-order valence-electron chi connectivity index (χ3n) is 3.69. The van der Waals surface area contributed by atoms with Gasteiger partial charge in [-0.05, 0) is 42.7 Å². The van der Waals surface area contributed by atoms with Crippen LogP contribution in [0.2, 0.25) is 0 Å². The molecule has 3 nitrogen and oxygen atoms in total. The van der Waals surface area contributed by atoms with Crippen molar-refractivity contribution in [2.24, 2.45) is 0 Å². The molecule has 0 saturated heterocycles. The molecule has 0 saturated carbocycles. The van der Waals surface area contributed by atoms with Gasteiger partial charge in [0.05, 0.1) is 0 Å². The van der Waals surface area contributed by atoms with Crippen molar-refractivity contribution in [1.29, 1.82) is 0 Å². The molecular formula is C20H25NO2S. The lowest BCUT2D eigenvalue weighted by Crippen LogP contribution is -2.39. The van der Waals surface area contributed by atoms with E-state index in [0.29, 0.717) is 13.0 Å². The van der Waals surface area contributed by atoms with Crippen LogP contribution in [-0.2, 0) is 11.2 Å². The van der Waals surface area contributed by atoms with Gasteiger partial charge in [0.1, 0.15) is 5.75 Å². The fourth-order valence-electron chi connectivity index (χ4n) is 2.26. The van der Waals surface area contributed by atoms with E-state index in [0.717, 1.165) is 17.9 Å². The summed E-state index contributed by atoms with van der Waals surface area (Å²) in [4.78, 5) is 13.5. The molecule has 2 aromatic rings. The minimum Gasteiger partial charge on any atom is -0.481 e. The highest BCUT2D eigenvalue weighted by Crippen LogP contribution is 2.17. The van der Waals surface area contributed by atoms with Crippen LogP contribution in [0.5, 0.6) is 5.75 Å². The zero-order valence-electron chi connectivity index (χ0n) is 14.3. The molecule has 0 bridgehead atoms. The number of hydrogen-bond donors (Lipinski definition) is 1. The van der Waals surface area contributed by atoms with Crippen molar-refractivity contribution in [2.45, 2.75) is 37.7 Å². The number of rotatable bonds is 9. The van der Waals surface area contributed by atoms with Crippen molar-refractivity contribution in [3.63, 3.8) is 0 Å². The van der Waals surface area contributed by atoms with E-state index in [1.54, 1.807) is 11.8 Å². The SMILES string of the molecule is CCc1ccc(O[C@H](CC)C(=O)NCCSc2ccccc2)cc1. The van der Waals surface area contributed by atoms with Crippen LogP contribution in [0, 0.1) is 0 Å². The van der Waals surface area contributed by atoms with Gasteiger partial charge in [-0.2, -0.15) is 0 Å². The number of thioether (sulfide) groups is 1. The molecular weight excluding hydrogens is 318 g/mol. The molecule has 2 rings (SSSR count). The van der Waals surface area contributed by atoms with E-state index in [-0.39, 0.29) is 5.91 Å². The second kappa shape index (κ2) is 10.0. The maximum Gasteiger partial charge on any atom is 0.261 e. The van der Waals surface area contributed by atoms with Crippen molar-refractivity contribution in [2.75, 3.05) is 12.3 Å². The number of carbonyl (C=O) groups excluding carboxylic acids is 1. The maximum absolute atomic E-state index is 12.3. The van der Waals surface area contributed by atoms with Crippen LogP contribution in [0.3, 0.4) is 0 Å². The summed E-state index contributed by atoms with van der Waals surface area (Å²) in [7, 11) is 0. The van der Waals surface area contributed by atoms with Gasteiger partial charge in [-0.15, -0.1) is 11.8 Å². The predicted molar refractivity (Wildman–Crippen MR) is 101 cm³/mol. The van der Waals surface area contributed by atoms with E-state index in [1.165, 1.54) is 10.5 Å². The van der Waals surface area contributed by atoms with Crippen LogP contribution < -0.4 is 10.1 Å². The summed E-state index contributed by atoms with van der Waals surface area (Å²) in [5.41, 5.74) is 1.26. The zero-order chi connectivity index (χ0) is 17.2. The van der Waals surface area contributed by atoms with Gasteiger partial charge < -0.3 is 10.1 Å². The van der Waals surface area contributed by atoms with Crippen LogP contribution in [0.15, 0.2) is 59.5 Å². The maximum atomic E-state index is 12.3. The molecule has 1 N–H and O–H groups in total. The Morgan fingerprint density at radius 1 is 1.08 bits per heavy atom. The minimum absolute atomic E-state index is 0.0503. The van der Waals surface area contributed by atoms with Gasteiger partial charge in [0.2, 0.25) is 0 Å². The van der Waals surface area contributed by atoms with Crippen LogP contribution >= 0.6 is 11.8 Å². The first-order chi connectivity index (χ1) is 11.7. The first kappa shape index (κ1) is 18.4. The second-order valence-corrected chi connectivity index (χ2v) is 6.63. The fraction of sp³-hybridized carbons (Fsp3) is 0.350. The molecule has 24 heavy (non-hydrogen) atoms. The standard InChI is InChI=1S/C20H25NO2S/c1-3-16-10-12-17(13-11-16)23-19(4-2)20(22)21-14-15-24-18-8-6-5-7-9-18/h5-13,19H,3-4,14-15H2,1-2H3,(H,21,22)/t19-/m1/s1. The first-order valence-corrected chi connectivity index (χ1v) is 9.42. The normalized spacial score (nSPS) is 11.8. The number of carbonyl (C=O) groups is 1. The zero-order valence-corrected chi connectivity index (χ0v) is 15.1. The van der Waals surface area contributed by atoms with Crippen molar-refractivity contribution >= 4 is 17.7 Å². The number of ether oxygens (including phenoxy) is 1. The highest BCUT2D eigenvalue weighted by Gasteiger charge is 2.17. The predicted octanol–water partition coefficient (Wildman–Crippen LogP) is 4.31. The molecule has 1 amide bonds. The third-order valence-corrected chi connectivity index (χ3v) is 4.70. The lowest BCUT2D eigenvalue weighted by molar-refractivity contribution is -0.127. The Balaban J connectivity index is 1.76. The molecule has 0 unspecified atom stereocenters. The largest absolute Gasteiger partial charge is 0.481 e. The molecule has 0 aliphatic rings. The summed E-state index contributed by atoms with van der Waals surface area (Å²) in [5, 5.41) is 2.96. The molecule has 0 aromatic heterocycles. The Labute approximate surface area is 148 Å². The van der Waals surface area contributed by atoms with Gasteiger partial charge in [-0.1, -0.05) is 44.2 Å². The number of aryl methyl sites for hydroxylation is 1. The summed E-state index contributed by atoms with van der Waals surface area (Å²) in [6.07, 6.45) is 1.20. The number of nitrogens with one attached hydrogen (secondary N) is 1. The van der Waals surface area contributed by atoms with Crippen LogP contribution in [0.1, 0.15) is 25.8 Å². The molecule has 0 aliphatic heterocycles. The summed E-state index contributed by atoms with van der Waals surface area (Å²) in [6, 6.07) is 18.1. The molecule has 2 aromatic carbocycles. The Morgan fingerprint density at radius 3 is 2.42 bits per heavy atom. The number of amides is 1. The van der Waals surface area contributed by atoms with Crippen molar-refractivity contribution in [3.8, 4) is 5.75 Å². The smallest absolute Gasteiger partial charge is 0.261 e. The highest BCUT2D eigenvalue weighted by atomic mass is 32.2. The molecule has 0 aliphatic carbocycles. The average molecular weight is 343 g/mol. The van der Waals surface area contributed by atoms with Gasteiger partial charge in [0.15, 0.2) is 6.10 Å². The van der Waals surface area contributed by atoms with Gasteiger partial charge in [-0.3, -0.25) is 4.79 Å². The van der Waals surface area contributed by atoms with E-state index in [9.17, 15) is 4.79 Å².